The van der Waals surface area contributed by atoms with E-state index in [0.717, 1.165) is 25.6 Å². The molecule has 1 heterocycles. The summed E-state index contributed by atoms with van der Waals surface area (Å²) < 4.78 is 1.29. The molecule has 148 valence electrons. The minimum absolute atomic E-state index is 0.0252. The standard InChI is InChI=1S/C17H25N5O5/c1-17(2,21-9-14(7-18-21)22(26)27)16(25)19-12-5-13(6-12)20(10-15(23)24)8-11-3-4-11/h7,9,11-13H,3-6,8,10H2,1-2H3,(H,19,25)(H,23,24). The first kappa shape index (κ1) is 19.3. The molecule has 0 aromatic carbocycles. The number of rotatable bonds is 9. The summed E-state index contributed by atoms with van der Waals surface area (Å²) in [4.78, 5) is 36.0. The number of aromatic nitrogens is 2. The second kappa shape index (κ2) is 7.26. The number of carboxylic acid groups (broad SMARTS) is 1. The van der Waals surface area contributed by atoms with Gasteiger partial charge >= 0.3 is 11.7 Å². The molecular weight excluding hydrogens is 354 g/mol. The Hall–Kier alpha value is -2.49. The van der Waals surface area contributed by atoms with Gasteiger partial charge in [0.1, 0.15) is 17.9 Å². The Balaban J connectivity index is 1.53. The van der Waals surface area contributed by atoms with Crippen molar-refractivity contribution < 1.29 is 19.6 Å². The summed E-state index contributed by atoms with van der Waals surface area (Å²) >= 11 is 0. The number of nitrogens with zero attached hydrogens (tertiary/aromatic N) is 4. The number of carboxylic acids is 1. The summed E-state index contributed by atoms with van der Waals surface area (Å²) in [6.07, 6.45) is 6.10. The fourth-order valence-electron chi connectivity index (χ4n) is 3.33. The number of carbonyl (C=O) groups is 2. The van der Waals surface area contributed by atoms with Crippen LogP contribution in [0.1, 0.15) is 39.5 Å². The van der Waals surface area contributed by atoms with Gasteiger partial charge < -0.3 is 10.4 Å². The third-order valence-electron chi connectivity index (χ3n) is 5.40. The first-order chi connectivity index (χ1) is 12.7. The van der Waals surface area contributed by atoms with Crippen molar-refractivity contribution in [3.63, 3.8) is 0 Å². The molecule has 2 aliphatic rings. The predicted octanol–water partition coefficient (Wildman–Crippen LogP) is 0.970. The minimum atomic E-state index is -1.06. The van der Waals surface area contributed by atoms with Crippen LogP contribution in [0.3, 0.4) is 0 Å². The van der Waals surface area contributed by atoms with Gasteiger partial charge in [0.25, 0.3) is 0 Å². The largest absolute Gasteiger partial charge is 0.480 e. The highest BCUT2D eigenvalue weighted by molar-refractivity contribution is 5.84. The van der Waals surface area contributed by atoms with Crippen LogP contribution < -0.4 is 5.32 Å². The molecule has 0 saturated heterocycles. The zero-order valence-electron chi connectivity index (χ0n) is 15.5. The summed E-state index contributed by atoms with van der Waals surface area (Å²) in [5.74, 6) is -0.493. The first-order valence-corrected chi connectivity index (χ1v) is 9.13. The molecule has 1 aromatic rings. The maximum Gasteiger partial charge on any atom is 0.317 e. The maximum atomic E-state index is 12.6. The summed E-state index contributed by atoms with van der Waals surface area (Å²) in [7, 11) is 0. The van der Waals surface area contributed by atoms with Crippen LogP contribution >= 0.6 is 0 Å². The Morgan fingerprint density at radius 2 is 2.11 bits per heavy atom. The van der Waals surface area contributed by atoms with Crippen molar-refractivity contribution in [2.24, 2.45) is 5.92 Å². The smallest absolute Gasteiger partial charge is 0.317 e. The van der Waals surface area contributed by atoms with Gasteiger partial charge in [0.15, 0.2) is 0 Å². The molecule has 0 bridgehead atoms. The average molecular weight is 379 g/mol. The number of carbonyl (C=O) groups excluding carboxylic acids is 1. The molecule has 0 unspecified atom stereocenters. The topological polar surface area (TPSA) is 131 Å². The Morgan fingerprint density at radius 1 is 1.44 bits per heavy atom. The predicted molar refractivity (Wildman–Crippen MR) is 95.1 cm³/mol. The summed E-state index contributed by atoms with van der Waals surface area (Å²) in [5, 5.41) is 26.8. The van der Waals surface area contributed by atoms with E-state index in [1.807, 2.05) is 4.90 Å². The van der Waals surface area contributed by atoms with Crippen molar-refractivity contribution >= 4 is 17.6 Å². The number of nitrogens with one attached hydrogen (secondary N) is 1. The number of hydrogen-bond acceptors (Lipinski definition) is 6. The first-order valence-electron chi connectivity index (χ1n) is 9.13. The quantitative estimate of drug-likeness (QED) is 0.483. The lowest BCUT2D eigenvalue weighted by Crippen LogP contribution is -2.58. The van der Waals surface area contributed by atoms with Gasteiger partial charge in [-0.15, -0.1) is 0 Å². The van der Waals surface area contributed by atoms with Gasteiger partial charge in [0, 0.05) is 18.6 Å². The van der Waals surface area contributed by atoms with Crippen LogP contribution in [0.4, 0.5) is 5.69 Å². The van der Waals surface area contributed by atoms with Gasteiger partial charge in [-0.2, -0.15) is 5.10 Å². The molecule has 0 spiro atoms. The van der Waals surface area contributed by atoms with Crippen LogP contribution in [0.25, 0.3) is 0 Å². The van der Waals surface area contributed by atoms with Crippen LogP contribution in [-0.4, -0.2) is 61.8 Å². The average Bonchev–Trinajstić information content (AvgIpc) is 3.20. The molecule has 2 saturated carbocycles. The number of nitro groups is 1. The number of amides is 1. The third kappa shape index (κ3) is 4.44. The lowest BCUT2D eigenvalue weighted by molar-refractivity contribution is -0.385. The SMILES string of the molecule is CC(C)(C(=O)NC1CC(N(CC(=O)O)CC2CC2)C1)n1cc([N+](=O)[O-])cn1. The van der Waals surface area contributed by atoms with Gasteiger partial charge in [0.05, 0.1) is 11.5 Å². The van der Waals surface area contributed by atoms with Crippen molar-refractivity contribution in [1.29, 1.82) is 0 Å². The fraction of sp³-hybridized carbons (Fsp3) is 0.706. The van der Waals surface area contributed by atoms with E-state index in [0.29, 0.717) is 18.8 Å². The molecule has 0 aliphatic heterocycles. The number of hydrogen-bond donors (Lipinski definition) is 2. The Labute approximate surface area is 156 Å². The summed E-state index contributed by atoms with van der Waals surface area (Å²) in [6.45, 7) is 4.14. The third-order valence-corrected chi connectivity index (χ3v) is 5.40. The summed E-state index contributed by atoms with van der Waals surface area (Å²) in [6, 6.07) is 0.142. The van der Waals surface area contributed by atoms with E-state index in [4.69, 9.17) is 5.11 Å². The maximum absolute atomic E-state index is 12.6. The van der Waals surface area contributed by atoms with Gasteiger partial charge in [-0.3, -0.25) is 29.3 Å². The van der Waals surface area contributed by atoms with Crippen molar-refractivity contribution in [3.8, 4) is 0 Å². The zero-order valence-corrected chi connectivity index (χ0v) is 15.5. The van der Waals surface area contributed by atoms with Crippen LogP contribution in [0, 0.1) is 16.0 Å². The van der Waals surface area contributed by atoms with Crippen LogP contribution in [-0.2, 0) is 15.1 Å². The molecule has 0 atom stereocenters. The normalized spacial score (nSPS) is 22.3. The van der Waals surface area contributed by atoms with Gasteiger partial charge in [-0.1, -0.05) is 0 Å². The van der Waals surface area contributed by atoms with Crippen molar-refractivity contribution in [2.75, 3.05) is 13.1 Å². The molecule has 3 rings (SSSR count). The molecule has 0 radical (unpaired) electrons. The second-order valence-electron chi connectivity index (χ2n) is 8.02. The Morgan fingerprint density at radius 3 is 2.63 bits per heavy atom. The van der Waals surface area contributed by atoms with Crippen LogP contribution in [0.15, 0.2) is 12.4 Å². The van der Waals surface area contributed by atoms with Crippen LogP contribution in [0.2, 0.25) is 0 Å². The highest BCUT2D eigenvalue weighted by Gasteiger charge is 2.40. The lowest BCUT2D eigenvalue weighted by Gasteiger charge is -2.43. The summed E-state index contributed by atoms with van der Waals surface area (Å²) in [5.41, 5.74) is -1.22. The molecule has 10 nitrogen and oxygen atoms in total. The van der Waals surface area contributed by atoms with Crippen molar-refractivity contribution in [3.05, 3.63) is 22.5 Å². The van der Waals surface area contributed by atoms with Crippen molar-refractivity contribution in [1.82, 2.24) is 20.0 Å². The van der Waals surface area contributed by atoms with Gasteiger partial charge in [-0.25, -0.2) is 0 Å². The van der Waals surface area contributed by atoms with Crippen molar-refractivity contribution in [2.45, 2.75) is 57.2 Å². The van der Waals surface area contributed by atoms with E-state index < -0.39 is 16.4 Å². The lowest BCUT2D eigenvalue weighted by atomic mass is 9.84. The highest BCUT2D eigenvalue weighted by atomic mass is 16.6. The van der Waals surface area contributed by atoms with E-state index >= 15 is 0 Å². The number of aliphatic carboxylic acids is 1. The van der Waals surface area contributed by atoms with Gasteiger partial charge in [-0.05, 0) is 45.4 Å². The zero-order chi connectivity index (χ0) is 19.8. The highest BCUT2D eigenvalue weighted by Crippen LogP contribution is 2.34. The molecule has 1 amide bonds. The van der Waals surface area contributed by atoms with E-state index in [9.17, 15) is 19.7 Å². The molecular formula is C17H25N5O5. The van der Waals surface area contributed by atoms with E-state index in [1.54, 1.807) is 13.8 Å². The van der Waals surface area contributed by atoms with E-state index in [2.05, 4.69) is 10.4 Å². The van der Waals surface area contributed by atoms with Crippen LogP contribution in [0.5, 0.6) is 0 Å². The monoisotopic (exact) mass is 379 g/mol. The Kier molecular flexibility index (Phi) is 5.18. The molecule has 1 aromatic heterocycles. The minimum Gasteiger partial charge on any atom is -0.480 e. The van der Waals surface area contributed by atoms with Gasteiger partial charge in [0.2, 0.25) is 5.91 Å². The van der Waals surface area contributed by atoms with E-state index in [-0.39, 0.29) is 30.2 Å². The molecule has 10 heteroatoms. The second-order valence-corrected chi connectivity index (χ2v) is 8.02. The van der Waals surface area contributed by atoms with E-state index in [1.165, 1.54) is 10.9 Å². The molecule has 2 N–H and O–H groups in total. The molecule has 2 aliphatic carbocycles. The molecule has 2 fully saturated rings. The molecule has 27 heavy (non-hydrogen) atoms. The Bertz CT molecular complexity index is 736. The fourth-order valence-corrected chi connectivity index (χ4v) is 3.33.